The fourth-order valence-corrected chi connectivity index (χ4v) is 2.05. The van der Waals surface area contributed by atoms with Crippen molar-refractivity contribution in [1.82, 2.24) is 4.90 Å². The molecule has 1 saturated heterocycles. The molecule has 1 aliphatic heterocycles. The van der Waals surface area contributed by atoms with Crippen LogP contribution >= 0.6 is 0 Å². The highest BCUT2D eigenvalue weighted by Crippen LogP contribution is 2.16. The molecular formula is C13H18N2O3. The highest BCUT2D eigenvalue weighted by Gasteiger charge is 2.33. The second kappa shape index (κ2) is 5.84. The molecule has 18 heavy (non-hydrogen) atoms. The molecule has 0 aromatic heterocycles. The Hall–Kier alpha value is -1.59. The first-order chi connectivity index (χ1) is 8.70. The van der Waals surface area contributed by atoms with E-state index in [4.69, 9.17) is 15.6 Å². The summed E-state index contributed by atoms with van der Waals surface area (Å²) >= 11 is 0. The highest BCUT2D eigenvalue weighted by molar-refractivity contribution is 5.68. The lowest BCUT2D eigenvalue weighted by Gasteiger charge is -2.15. The first kappa shape index (κ1) is 12.9. The van der Waals surface area contributed by atoms with E-state index in [0.717, 1.165) is 5.56 Å². The van der Waals surface area contributed by atoms with Gasteiger partial charge in [0.15, 0.2) is 0 Å². The van der Waals surface area contributed by atoms with E-state index in [1.165, 1.54) is 0 Å². The van der Waals surface area contributed by atoms with Crippen LogP contribution in [-0.4, -0.2) is 41.8 Å². The van der Waals surface area contributed by atoms with E-state index in [9.17, 15) is 4.79 Å². The zero-order valence-electron chi connectivity index (χ0n) is 10.2. The molecular weight excluding hydrogens is 232 g/mol. The van der Waals surface area contributed by atoms with Crippen molar-refractivity contribution < 1.29 is 14.6 Å². The van der Waals surface area contributed by atoms with Crippen molar-refractivity contribution >= 4 is 6.09 Å². The molecule has 0 unspecified atom stereocenters. The Kier molecular flexibility index (Phi) is 4.17. The lowest BCUT2D eigenvalue weighted by Crippen LogP contribution is -2.33. The maximum atomic E-state index is 11.8. The Morgan fingerprint density at radius 3 is 2.72 bits per heavy atom. The van der Waals surface area contributed by atoms with E-state index in [1.54, 1.807) is 4.90 Å². The Morgan fingerprint density at radius 1 is 1.39 bits per heavy atom. The van der Waals surface area contributed by atoms with E-state index in [-0.39, 0.29) is 31.3 Å². The number of aliphatic hydroxyl groups excluding tert-OH is 1. The number of hydrogen-bond acceptors (Lipinski definition) is 4. The van der Waals surface area contributed by atoms with Crippen molar-refractivity contribution in [3.05, 3.63) is 35.9 Å². The first-order valence-electron chi connectivity index (χ1n) is 6.02. The summed E-state index contributed by atoms with van der Waals surface area (Å²) in [5, 5.41) is 9.09. The molecule has 0 saturated carbocycles. The molecule has 1 aromatic rings. The molecule has 5 heteroatoms. The molecule has 0 spiro atoms. The number of nitrogens with two attached hydrogens (primary N) is 1. The minimum absolute atomic E-state index is 0.00360. The number of benzene rings is 1. The Bertz CT molecular complexity index is 396. The van der Waals surface area contributed by atoms with E-state index < -0.39 is 0 Å². The summed E-state index contributed by atoms with van der Waals surface area (Å²) < 4.78 is 5.20. The number of carbonyl (C=O) groups is 1. The molecule has 3 N–H and O–H groups in total. The molecule has 1 amide bonds. The smallest absolute Gasteiger partial charge is 0.410 e. The average molecular weight is 250 g/mol. The second-order valence-corrected chi connectivity index (χ2v) is 4.55. The summed E-state index contributed by atoms with van der Waals surface area (Å²) in [6, 6.07) is 9.35. The maximum Gasteiger partial charge on any atom is 0.410 e. The normalized spacial score (nSPS) is 23.1. The predicted molar refractivity (Wildman–Crippen MR) is 66.8 cm³/mol. The minimum Gasteiger partial charge on any atom is -0.445 e. The predicted octanol–water partition coefficient (Wildman–Crippen LogP) is 0.575. The van der Waals surface area contributed by atoms with E-state index in [0.29, 0.717) is 13.1 Å². The van der Waals surface area contributed by atoms with Crippen LogP contribution < -0.4 is 5.73 Å². The summed E-state index contributed by atoms with van der Waals surface area (Å²) in [4.78, 5) is 13.3. The summed E-state index contributed by atoms with van der Waals surface area (Å²) in [5.74, 6) is -0.0470. The van der Waals surface area contributed by atoms with Crippen LogP contribution in [0.1, 0.15) is 5.56 Å². The summed E-state index contributed by atoms with van der Waals surface area (Å²) in [7, 11) is 0. The minimum atomic E-state index is -0.370. The van der Waals surface area contributed by atoms with Crippen LogP contribution in [-0.2, 0) is 11.3 Å². The topological polar surface area (TPSA) is 75.8 Å². The molecule has 0 radical (unpaired) electrons. The molecule has 2 atom stereocenters. The van der Waals surface area contributed by atoms with Crippen LogP contribution in [0.3, 0.4) is 0 Å². The van der Waals surface area contributed by atoms with Crippen LogP contribution in [0.4, 0.5) is 4.79 Å². The Labute approximate surface area is 106 Å². The van der Waals surface area contributed by atoms with Crippen LogP contribution in [0.2, 0.25) is 0 Å². The monoisotopic (exact) mass is 250 g/mol. The molecule has 1 aromatic carbocycles. The van der Waals surface area contributed by atoms with Crippen molar-refractivity contribution in [2.75, 3.05) is 19.7 Å². The third-order valence-corrected chi connectivity index (χ3v) is 3.19. The quantitative estimate of drug-likeness (QED) is 0.822. The van der Waals surface area contributed by atoms with Gasteiger partial charge in [0, 0.05) is 31.7 Å². The maximum absolute atomic E-state index is 11.8. The number of nitrogens with zero attached hydrogens (tertiary/aromatic N) is 1. The molecule has 98 valence electrons. The average Bonchev–Trinajstić information content (AvgIpc) is 2.78. The van der Waals surface area contributed by atoms with Gasteiger partial charge >= 0.3 is 6.09 Å². The zero-order valence-corrected chi connectivity index (χ0v) is 10.2. The van der Waals surface area contributed by atoms with Crippen molar-refractivity contribution in [1.29, 1.82) is 0 Å². The van der Waals surface area contributed by atoms with Gasteiger partial charge in [-0.25, -0.2) is 4.79 Å². The van der Waals surface area contributed by atoms with Gasteiger partial charge in [0.25, 0.3) is 0 Å². The molecule has 0 aliphatic carbocycles. The Morgan fingerprint density at radius 2 is 2.11 bits per heavy atom. The van der Waals surface area contributed by atoms with Crippen LogP contribution in [0.25, 0.3) is 0 Å². The van der Waals surface area contributed by atoms with Gasteiger partial charge in [-0.1, -0.05) is 30.3 Å². The van der Waals surface area contributed by atoms with Crippen molar-refractivity contribution in [2.45, 2.75) is 12.6 Å². The van der Waals surface area contributed by atoms with Gasteiger partial charge in [-0.15, -0.1) is 0 Å². The Balaban J connectivity index is 1.82. The van der Waals surface area contributed by atoms with Gasteiger partial charge in [-0.3, -0.25) is 0 Å². The molecule has 1 fully saturated rings. The summed E-state index contributed by atoms with van der Waals surface area (Å²) in [6.07, 6.45) is -0.370. The van der Waals surface area contributed by atoms with Gasteiger partial charge in [0.2, 0.25) is 0 Å². The largest absolute Gasteiger partial charge is 0.445 e. The number of hydrogen-bond donors (Lipinski definition) is 2. The molecule has 1 heterocycles. The molecule has 5 nitrogen and oxygen atoms in total. The summed E-state index contributed by atoms with van der Waals surface area (Å²) in [6.45, 7) is 1.17. The number of likely N-dealkylation sites (tertiary alicyclic amines) is 1. The number of ether oxygens (including phenoxy) is 1. The third kappa shape index (κ3) is 3.00. The first-order valence-corrected chi connectivity index (χ1v) is 6.02. The van der Waals surface area contributed by atoms with E-state index in [2.05, 4.69) is 0 Å². The number of carbonyl (C=O) groups excluding carboxylic acids is 1. The second-order valence-electron chi connectivity index (χ2n) is 4.55. The van der Waals surface area contributed by atoms with E-state index in [1.807, 2.05) is 30.3 Å². The van der Waals surface area contributed by atoms with Gasteiger partial charge in [0.1, 0.15) is 6.61 Å². The molecule has 1 aliphatic rings. The van der Waals surface area contributed by atoms with Gasteiger partial charge in [-0.2, -0.15) is 0 Å². The van der Waals surface area contributed by atoms with Crippen molar-refractivity contribution in [3.63, 3.8) is 0 Å². The lowest BCUT2D eigenvalue weighted by atomic mass is 10.1. The fourth-order valence-electron chi connectivity index (χ4n) is 2.05. The van der Waals surface area contributed by atoms with Crippen molar-refractivity contribution in [3.8, 4) is 0 Å². The zero-order chi connectivity index (χ0) is 13.0. The fraction of sp³-hybridized carbons (Fsp3) is 0.462. The highest BCUT2D eigenvalue weighted by atomic mass is 16.6. The number of aliphatic hydroxyl groups is 1. The molecule has 0 bridgehead atoms. The molecule has 2 rings (SSSR count). The standard InChI is InChI=1S/C13H18N2O3/c14-12-7-15(6-11(12)8-16)13(17)18-9-10-4-2-1-3-5-10/h1-5,11-12,16H,6-9,14H2/t11-,12-/m1/s1. The van der Waals surface area contributed by atoms with Gasteiger partial charge < -0.3 is 20.5 Å². The van der Waals surface area contributed by atoms with E-state index >= 15 is 0 Å². The van der Waals surface area contributed by atoms with Crippen LogP contribution in [0.5, 0.6) is 0 Å². The number of amides is 1. The van der Waals surface area contributed by atoms with Gasteiger partial charge in [0.05, 0.1) is 0 Å². The van der Waals surface area contributed by atoms with Crippen LogP contribution in [0.15, 0.2) is 30.3 Å². The van der Waals surface area contributed by atoms with Gasteiger partial charge in [-0.05, 0) is 5.56 Å². The third-order valence-electron chi connectivity index (χ3n) is 3.19. The summed E-state index contributed by atoms with van der Waals surface area (Å²) in [5.41, 5.74) is 6.77. The van der Waals surface area contributed by atoms with Crippen molar-refractivity contribution in [2.24, 2.45) is 11.7 Å². The SMILES string of the molecule is N[C@@H]1CN(C(=O)OCc2ccccc2)C[C@@H]1CO. The lowest BCUT2D eigenvalue weighted by molar-refractivity contribution is 0.101. The van der Waals surface area contributed by atoms with Crippen LogP contribution in [0, 0.1) is 5.92 Å². The number of rotatable bonds is 3.